The maximum absolute atomic E-state index is 12.8. The molecule has 0 fully saturated rings. The lowest BCUT2D eigenvalue weighted by Crippen LogP contribution is -2.21. The fourth-order valence-electron chi connectivity index (χ4n) is 3.40. The van der Waals surface area contributed by atoms with Crippen LogP contribution >= 0.6 is 15.9 Å². The van der Waals surface area contributed by atoms with Crippen LogP contribution in [0.4, 0.5) is 0 Å². The smallest absolute Gasteiger partial charge is 0.314 e. The second-order valence-electron chi connectivity index (χ2n) is 7.39. The number of rotatable bonds is 8. The van der Waals surface area contributed by atoms with Gasteiger partial charge in [-0.25, -0.2) is 0 Å². The van der Waals surface area contributed by atoms with E-state index < -0.39 is 0 Å². The number of nitrogens with one attached hydrogen (secondary N) is 1. The monoisotopic (exact) mass is 455 g/mol. The lowest BCUT2D eigenvalue weighted by Gasteiger charge is -2.20. The van der Waals surface area contributed by atoms with Crippen LogP contribution in [0.3, 0.4) is 0 Å². The summed E-state index contributed by atoms with van der Waals surface area (Å²) in [5.74, 6) is 0.492. The first-order valence-corrected chi connectivity index (χ1v) is 10.5. The van der Waals surface area contributed by atoms with Crippen molar-refractivity contribution in [2.75, 3.05) is 7.11 Å². The lowest BCUT2D eigenvalue weighted by molar-refractivity contribution is -0.148. The maximum Gasteiger partial charge on any atom is 0.314 e. The average Bonchev–Trinajstić information content (AvgIpc) is 3.15. The number of methoxy groups -OCH3 is 1. The van der Waals surface area contributed by atoms with Gasteiger partial charge in [-0.3, -0.25) is 4.79 Å². The lowest BCUT2D eigenvalue weighted by atomic mass is 9.88. The van der Waals surface area contributed by atoms with Gasteiger partial charge in [-0.15, -0.1) is 0 Å². The van der Waals surface area contributed by atoms with Gasteiger partial charge in [0.25, 0.3) is 0 Å². The molecule has 29 heavy (non-hydrogen) atoms. The first-order valence-electron chi connectivity index (χ1n) is 9.68. The van der Waals surface area contributed by atoms with Crippen LogP contribution in [0.25, 0.3) is 0 Å². The topological polar surface area (TPSA) is 51.3 Å². The van der Waals surface area contributed by atoms with E-state index >= 15 is 0 Å². The minimum absolute atomic E-state index is 0.145. The molecular formula is C24H26BrNO3. The van der Waals surface area contributed by atoms with E-state index in [4.69, 9.17) is 9.47 Å². The van der Waals surface area contributed by atoms with Gasteiger partial charge >= 0.3 is 5.97 Å². The second-order valence-corrected chi connectivity index (χ2v) is 8.30. The molecule has 1 heterocycles. The van der Waals surface area contributed by atoms with E-state index in [9.17, 15) is 4.79 Å². The summed E-state index contributed by atoms with van der Waals surface area (Å²) in [4.78, 5) is 16.1. The highest BCUT2D eigenvalue weighted by Gasteiger charge is 2.26. The fraction of sp³-hybridized carbons (Fsp3) is 0.292. The van der Waals surface area contributed by atoms with Crippen molar-refractivity contribution in [3.8, 4) is 5.75 Å². The van der Waals surface area contributed by atoms with Crippen LogP contribution in [-0.2, 0) is 22.6 Å². The first kappa shape index (κ1) is 21.2. The Hall–Kier alpha value is -2.53. The van der Waals surface area contributed by atoms with Crippen molar-refractivity contribution in [2.45, 2.75) is 32.8 Å². The molecule has 1 unspecified atom stereocenters. The van der Waals surface area contributed by atoms with Gasteiger partial charge in [-0.05, 0) is 59.4 Å². The highest BCUT2D eigenvalue weighted by atomic mass is 79.9. The summed E-state index contributed by atoms with van der Waals surface area (Å²) in [6, 6.07) is 17.9. The SMILES string of the molecule is COc1ccc(Cc2cc[nH]c2COC(=O)C(c2ccc(Br)cc2)C(C)C)cc1. The Kier molecular flexibility index (Phi) is 7.15. The van der Waals surface area contributed by atoms with Crippen LogP contribution < -0.4 is 4.74 Å². The predicted octanol–water partition coefficient (Wildman–Crippen LogP) is 5.86. The number of ether oxygens (including phenoxy) is 2. The third kappa shape index (κ3) is 5.51. The van der Waals surface area contributed by atoms with Gasteiger partial charge in [-0.2, -0.15) is 0 Å². The molecule has 4 nitrogen and oxygen atoms in total. The molecule has 1 aromatic heterocycles. The summed E-state index contributed by atoms with van der Waals surface area (Å²) in [5, 5.41) is 0. The van der Waals surface area contributed by atoms with Crippen molar-refractivity contribution in [3.63, 3.8) is 0 Å². The van der Waals surface area contributed by atoms with Gasteiger partial charge in [0.2, 0.25) is 0 Å². The zero-order chi connectivity index (χ0) is 20.8. The van der Waals surface area contributed by atoms with Crippen LogP contribution in [0.15, 0.2) is 65.3 Å². The summed E-state index contributed by atoms with van der Waals surface area (Å²) in [6.45, 7) is 4.31. The largest absolute Gasteiger partial charge is 0.497 e. The maximum atomic E-state index is 12.8. The van der Waals surface area contributed by atoms with Crippen molar-refractivity contribution in [1.82, 2.24) is 4.98 Å². The normalized spacial score (nSPS) is 12.0. The molecule has 0 spiro atoms. The third-order valence-corrected chi connectivity index (χ3v) is 5.52. The number of benzene rings is 2. The molecule has 3 rings (SSSR count). The molecule has 0 aliphatic rings. The highest BCUT2D eigenvalue weighted by molar-refractivity contribution is 9.10. The fourth-order valence-corrected chi connectivity index (χ4v) is 3.66. The summed E-state index contributed by atoms with van der Waals surface area (Å²) >= 11 is 3.44. The Morgan fingerprint density at radius 3 is 2.34 bits per heavy atom. The van der Waals surface area contributed by atoms with Crippen LogP contribution in [0.2, 0.25) is 0 Å². The molecular weight excluding hydrogens is 430 g/mol. The summed E-state index contributed by atoms with van der Waals surface area (Å²) in [6.07, 6.45) is 2.65. The van der Waals surface area contributed by atoms with Gasteiger partial charge in [0.1, 0.15) is 12.4 Å². The number of carbonyl (C=O) groups excluding carboxylic acids is 1. The molecule has 1 atom stereocenters. The number of esters is 1. The molecule has 0 aliphatic carbocycles. The molecule has 0 saturated carbocycles. The number of carbonyl (C=O) groups is 1. The van der Waals surface area contributed by atoms with Crippen molar-refractivity contribution in [3.05, 3.63) is 87.7 Å². The quantitative estimate of drug-likeness (QED) is 0.432. The van der Waals surface area contributed by atoms with E-state index in [1.807, 2.05) is 74.6 Å². The number of H-pyrrole nitrogens is 1. The summed E-state index contributed by atoms with van der Waals surface area (Å²) < 4.78 is 11.9. The molecule has 0 radical (unpaired) electrons. The van der Waals surface area contributed by atoms with Gasteiger partial charge in [0.05, 0.1) is 18.7 Å². The Morgan fingerprint density at radius 1 is 1.03 bits per heavy atom. The van der Waals surface area contributed by atoms with E-state index in [0.29, 0.717) is 0 Å². The molecule has 152 valence electrons. The van der Waals surface area contributed by atoms with Crippen molar-refractivity contribution < 1.29 is 14.3 Å². The third-order valence-electron chi connectivity index (χ3n) is 4.99. The van der Waals surface area contributed by atoms with Crippen molar-refractivity contribution in [2.24, 2.45) is 5.92 Å². The highest BCUT2D eigenvalue weighted by Crippen LogP contribution is 2.28. The Bertz CT molecular complexity index is 930. The zero-order valence-corrected chi connectivity index (χ0v) is 18.5. The van der Waals surface area contributed by atoms with Gasteiger partial charge < -0.3 is 14.5 Å². The summed E-state index contributed by atoms with van der Waals surface area (Å²) in [7, 11) is 1.66. The molecule has 1 N–H and O–H groups in total. The van der Waals surface area contributed by atoms with Crippen molar-refractivity contribution in [1.29, 1.82) is 0 Å². The van der Waals surface area contributed by atoms with Gasteiger partial charge in [0.15, 0.2) is 0 Å². The number of hydrogen-bond donors (Lipinski definition) is 1. The Morgan fingerprint density at radius 2 is 1.72 bits per heavy atom. The Balaban J connectivity index is 1.66. The predicted molar refractivity (Wildman–Crippen MR) is 118 cm³/mol. The summed E-state index contributed by atoms with van der Waals surface area (Å²) in [5.41, 5.74) is 4.19. The van der Waals surface area contributed by atoms with E-state index in [0.717, 1.165) is 33.5 Å². The number of halogens is 1. The number of hydrogen-bond acceptors (Lipinski definition) is 3. The van der Waals surface area contributed by atoms with E-state index in [2.05, 4.69) is 20.9 Å². The molecule has 0 amide bonds. The van der Waals surface area contributed by atoms with Crippen LogP contribution in [0, 0.1) is 5.92 Å². The molecule has 0 aliphatic heterocycles. The molecule has 0 saturated heterocycles. The van der Waals surface area contributed by atoms with Crippen LogP contribution in [-0.4, -0.2) is 18.1 Å². The van der Waals surface area contributed by atoms with Crippen LogP contribution in [0.5, 0.6) is 5.75 Å². The average molecular weight is 456 g/mol. The van der Waals surface area contributed by atoms with Crippen LogP contribution in [0.1, 0.15) is 42.1 Å². The van der Waals surface area contributed by atoms with Gasteiger partial charge in [0, 0.05) is 10.7 Å². The zero-order valence-electron chi connectivity index (χ0n) is 16.9. The van der Waals surface area contributed by atoms with Gasteiger partial charge in [-0.1, -0.05) is 54.0 Å². The second kappa shape index (κ2) is 9.79. The molecule has 2 aromatic carbocycles. The standard InChI is InChI=1S/C24H26BrNO3/c1-16(2)23(18-6-8-20(25)9-7-18)24(27)29-15-22-19(12-13-26-22)14-17-4-10-21(28-3)11-5-17/h4-13,16,23,26H,14-15H2,1-3H3. The number of aromatic amines is 1. The molecule has 3 aromatic rings. The Labute approximate surface area is 180 Å². The number of aromatic nitrogens is 1. The first-order chi connectivity index (χ1) is 14.0. The van der Waals surface area contributed by atoms with E-state index in [1.165, 1.54) is 5.56 Å². The van der Waals surface area contributed by atoms with E-state index in [1.54, 1.807) is 7.11 Å². The minimum atomic E-state index is -0.289. The molecule has 5 heteroatoms. The molecule has 0 bridgehead atoms. The van der Waals surface area contributed by atoms with E-state index in [-0.39, 0.29) is 24.4 Å². The van der Waals surface area contributed by atoms with Crippen molar-refractivity contribution >= 4 is 21.9 Å². The minimum Gasteiger partial charge on any atom is -0.497 e.